The first-order valence-electron chi connectivity index (χ1n) is 7.23. The molecule has 0 aliphatic rings. The Hall–Kier alpha value is -2.06. The molecule has 0 amide bonds. The monoisotopic (exact) mass is 355 g/mol. The maximum atomic E-state index is 13.8. The van der Waals surface area contributed by atoms with Gasteiger partial charge in [0, 0.05) is 30.9 Å². The molecular formula is C16H19F2N3O2S. The molecule has 2 rings (SSSR count). The highest BCUT2D eigenvalue weighted by molar-refractivity contribution is 7.89. The van der Waals surface area contributed by atoms with Crippen molar-refractivity contribution in [3.63, 3.8) is 0 Å². The summed E-state index contributed by atoms with van der Waals surface area (Å²) >= 11 is 0. The zero-order valence-corrected chi connectivity index (χ0v) is 14.6. The standard InChI is InChI=1S/C16H19F2N3O2S/c1-5-8-21-12(3)14(11(2)19-21)10-20(4)24(22,23)16-7-6-13(17)9-15(16)18/h5-7,9H,1,8,10H2,2-4H3. The van der Waals surface area contributed by atoms with Crippen molar-refractivity contribution in [1.29, 1.82) is 0 Å². The van der Waals surface area contributed by atoms with Crippen LogP contribution in [0.15, 0.2) is 35.7 Å². The molecule has 1 aromatic carbocycles. The third-order valence-electron chi connectivity index (χ3n) is 3.80. The lowest BCUT2D eigenvalue weighted by molar-refractivity contribution is 0.457. The summed E-state index contributed by atoms with van der Waals surface area (Å²) in [6, 6.07) is 2.40. The van der Waals surface area contributed by atoms with Crippen molar-refractivity contribution in [3.8, 4) is 0 Å². The van der Waals surface area contributed by atoms with Gasteiger partial charge in [-0.05, 0) is 26.0 Å². The van der Waals surface area contributed by atoms with E-state index >= 15 is 0 Å². The molecular weight excluding hydrogens is 336 g/mol. The number of aryl methyl sites for hydroxylation is 1. The Balaban J connectivity index is 2.35. The van der Waals surface area contributed by atoms with Crippen molar-refractivity contribution in [2.75, 3.05) is 7.05 Å². The minimum absolute atomic E-state index is 0.0357. The lowest BCUT2D eigenvalue weighted by atomic mass is 10.2. The average molecular weight is 355 g/mol. The Bertz CT molecular complexity index is 876. The van der Waals surface area contributed by atoms with Crippen molar-refractivity contribution in [1.82, 2.24) is 14.1 Å². The van der Waals surface area contributed by atoms with Crippen molar-refractivity contribution in [2.45, 2.75) is 31.8 Å². The molecule has 24 heavy (non-hydrogen) atoms. The first-order valence-corrected chi connectivity index (χ1v) is 8.67. The van der Waals surface area contributed by atoms with Gasteiger partial charge in [-0.25, -0.2) is 17.2 Å². The number of hydrogen-bond donors (Lipinski definition) is 0. The van der Waals surface area contributed by atoms with Gasteiger partial charge in [0.25, 0.3) is 0 Å². The molecule has 0 saturated carbocycles. The Morgan fingerprint density at radius 1 is 1.33 bits per heavy atom. The highest BCUT2D eigenvalue weighted by Gasteiger charge is 2.26. The van der Waals surface area contributed by atoms with Crippen molar-refractivity contribution in [3.05, 3.63) is 59.4 Å². The minimum atomic E-state index is -4.09. The topological polar surface area (TPSA) is 55.2 Å². The van der Waals surface area contributed by atoms with Crippen molar-refractivity contribution < 1.29 is 17.2 Å². The van der Waals surface area contributed by atoms with E-state index in [0.29, 0.717) is 18.3 Å². The van der Waals surface area contributed by atoms with Gasteiger partial charge in [-0.1, -0.05) is 6.08 Å². The zero-order valence-electron chi connectivity index (χ0n) is 13.8. The van der Waals surface area contributed by atoms with Gasteiger partial charge in [0.15, 0.2) is 0 Å². The third kappa shape index (κ3) is 3.39. The van der Waals surface area contributed by atoms with Crippen LogP contribution in [0.25, 0.3) is 0 Å². The predicted molar refractivity (Wildman–Crippen MR) is 86.9 cm³/mol. The summed E-state index contributed by atoms with van der Waals surface area (Å²) < 4.78 is 54.7. The van der Waals surface area contributed by atoms with Gasteiger partial charge < -0.3 is 0 Å². The molecule has 0 spiro atoms. The van der Waals surface area contributed by atoms with Gasteiger partial charge in [-0.15, -0.1) is 6.58 Å². The second kappa shape index (κ2) is 6.82. The summed E-state index contributed by atoms with van der Waals surface area (Å²) in [4.78, 5) is -0.555. The number of sulfonamides is 1. The summed E-state index contributed by atoms with van der Waals surface area (Å²) in [7, 11) is -2.74. The first kappa shape index (κ1) is 18.3. The van der Waals surface area contributed by atoms with E-state index in [9.17, 15) is 17.2 Å². The van der Waals surface area contributed by atoms with Crippen LogP contribution < -0.4 is 0 Å². The van der Waals surface area contributed by atoms with Crippen LogP contribution in [0.3, 0.4) is 0 Å². The van der Waals surface area contributed by atoms with E-state index in [1.165, 1.54) is 7.05 Å². The number of allylic oxidation sites excluding steroid dienone is 1. The highest BCUT2D eigenvalue weighted by atomic mass is 32.2. The Morgan fingerprint density at radius 3 is 2.58 bits per heavy atom. The summed E-state index contributed by atoms with van der Waals surface area (Å²) in [6.07, 6.45) is 1.69. The van der Waals surface area contributed by atoms with Crippen molar-refractivity contribution >= 4 is 10.0 Å². The Morgan fingerprint density at radius 2 is 2.00 bits per heavy atom. The largest absolute Gasteiger partial charge is 0.265 e. The summed E-state index contributed by atoms with van der Waals surface area (Å²) in [5.74, 6) is -1.94. The number of rotatable bonds is 6. The Labute approximate surface area is 140 Å². The van der Waals surface area contributed by atoms with Crippen molar-refractivity contribution in [2.24, 2.45) is 0 Å². The molecule has 1 aromatic heterocycles. The predicted octanol–water partition coefficient (Wildman–Crippen LogP) is 2.78. The van der Waals surface area contributed by atoms with Crippen LogP contribution in [0.4, 0.5) is 8.78 Å². The van der Waals surface area contributed by atoms with Gasteiger partial charge in [0.1, 0.15) is 16.5 Å². The molecule has 0 aliphatic heterocycles. The molecule has 1 heterocycles. The fraction of sp³-hybridized carbons (Fsp3) is 0.312. The fourth-order valence-electron chi connectivity index (χ4n) is 2.42. The number of benzene rings is 1. The number of nitrogens with zero attached hydrogens (tertiary/aromatic N) is 3. The van der Waals surface area contributed by atoms with Crippen LogP contribution in [0.5, 0.6) is 0 Å². The van der Waals surface area contributed by atoms with E-state index in [0.717, 1.165) is 27.7 Å². The molecule has 5 nitrogen and oxygen atoms in total. The maximum Gasteiger partial charge on any atom is 0.246 e. The zero-order chi connectivity index (χ0) is 18.1. The molecule has 8 heteroatoms. The van der Waals surface area contributed by atoms with Gasteiger partial charge >= 0.3 is 0 Å². The molecule has 0 N–H and O–H groups in total. The minimum Gasteiger partial charge on any atom is -0.265 e. The van der Waals surface area contributed by atoms with Gasteiger partial charge in [0.05, 0.1) is 12.2 Å². The normalized spacial score (nSPS) is 11.9. The smallest absolute Gasteiger partial charge is 0.246 e. The molecule has 0 saturated heterocycles. The average Bonchev–Trinajstić information content (AvgIpc) is 2.75. The fourth-order valence-corrected chi connectivity index (χ4v) is 3.60. The van der Waals surface area contributed by atoms with Crippen LogP contribution in [-0.2, 0) is 23.1 Å². The molecule has 130 valence electrons. The van der Waals surface area contributed by atoms with E-state index < -0.39 is 26.6 Å². The number of halogens is 2. The van der Waals surface area contributed by atoms with E-state index in [-0.39, 0.29) is 6.54 Å². The maximum absolute atomic E-state index is 13.8. The van der Waals surface area contributed by atoms with E-state index in [4.69, 9.17) is 0 Å². The second-order valence-corrected chi connectivity index (χ2v) is 7.47. The second-order valence-electron chi connectivity index (χ2n) is 5.46. The summed E-state index contributed by atoms with van der Waals surface area (Å²) in [5.41, 5.74) is 2.25. The van der Waals surface area contributed by atoms with E-state index in [1.807, 2.05) is 6.92 Å². The summed E-state index contributed by atoms with van der Waals surface area (Å²) in [6.45, 7) is 7.81. The van der Waals surface area contributed by atoms with Crippen LogP contribution in [0.1, 0.15) is 17.0 Å². The van der Waals surface area contributed by atoms with E-state index in [1.54, 1.807) is 17.7 Å². The molecule has 0 fully saturated rings. The lowest BCUT2D eigenvalue weighted by Crippen LogP contribution is -2.27. The molecule has 0 unspecified atom stereocenters. The Kier molecular flexibility index (Phi) is 5.19. The molecule has 0 aliphatic carbocycles. The van der Waals surface area contributed by atoms with Crippen LogP contribution in [-0.4, -0.2) is 29.6 Å². The SMILES string of the molecule is C=CCn1nc(C)c(CN(C)S(=O)(=O)c2ccc(F)cc2F)c1C. The highest BCUT2D eigenvalue weighted by Crippen LogP contribution is 2.23. The molecule has 0 atom stereocenters. The van der Waals surface area contributed by atoms with Gasteiger partial charge in [-0.3, -0.25) is 4.68 Å². The lowest BCUT2D eigenvalue weighted by Gasteiger charge is -2.18. The van der Waals surface area contributed by atoms with Crippen LogP contribution in [0.2, 0.25) is 0 Å². The third-order valence-corrected chi connectivity index (χ3v) is 5.63. The molecule has 2 aromatic rings. The number of hydrogen-bond acceptors (Lipinski definition) is 3. The van der Waals surface area contributed by atoms with Crippen LogP contribution >= 0.6 is 0 Å². The van der Waals surface area contributed by atoms with E-state index in [2.05, 4.69) is 11.7 Å². The first-order chi connectivity index (χ1) is 11.2. The molecule has 0 bridgehead atoms. The quantitative estimate of drug-likeness (QED) is 0.749. The molecule has 0 radical (unpaired) electrons. The summed E-state index contributed by atoms with van der Waals surface area (Å²) in [5, 5.41) is 4.34. The van der Waals surface area contributed by atoms with Gasteiger partial charge in [-0.2, -0.15) is 9.40 Å². The van der Waals surface area contributed by atoms with Crippen LogP contribution in [0, 0.1) is 25.5 Å². The number of aromatic nitrogens is 2. The van der Waals surface area contributed by atoms with Gasteiger partial charge in [0.2, 0.25) is 10.0 Å².